The van der Waals surface area contributed by atoms with Gasteiger partial charge < -0.3 is 5.73 Å². The van der Waals surface area contributed by atoms with Crippen LogP contribution in [0.5, 0.6) is 0 Å². The minimum absolute atomic E-state index is 0. The van der Waals surface area contributed by atoms with Gasteiger partial charge in [0.05, 0.1) is 0 Å². The van der Waals surface area contributed by atoms with Gasteiger partial charge in [-0.25, -0.2) is 0 Å². The summed E-state index contributed by atoms with van der Waals surface area (Å²) >= 11 is 0.838. The highest BCUT2D eigenvalue weighted by molar-refractivity contribution is 7.12. The van der Waals surface area contributed by atoms with Crippen LogP contribution >= 0.6 is 23.7 Å². The zero-order chi connectivity index (χ0) is 12.5. The molecule has 1 atom stereocenters. The topological polar surface area (TPSA) is 29.3 Å². The van der Waals surface area contributed by atoms with Crippen molar-refractivity contribution < 1.29 is 13.2 Å². The molecule has 0 aromatic carbocycles. The van der Waals surface area contributed by atoms with E-state index < -0.39 is 11.1 Å². The molecule has 1 saturated heterocycles. The lowest BCUT2D eigenvalue weighted by atomic mass is 10.1. The SMILES string of the molecule is Cl.NCC1CCN(Cc2ccc(C(F)(F)F)s2)C1. The molecule has 1 unspecified atom stereocenters. The molecular formula is C11H16ClF3N2S. The summed E-state index contributed by atoms with van der Waals surface area (Å²) in [5, 5.41) is 0. The molecule has 2 rings (SSSR count). The van der Waals surface area contributed by atoms with Crippen molar-refractivity contribution in [2.24, 2.45) is 11.7 Å². The maximum absolute atomic E-state index is 12.4. The smallest absolute Gasteiger partial charge is 0.330 e. The van der Waals surface area contributed by atoms with Crippen LogP contribution in [0.1, 0.15) is 16.2 Å². The number of alkyl halides is 3. The fourth-order valence-electron chi connectivity index (χ4n) is 2.08. The minimum atomic E-state index is -4.21. The Morgan fingerprint density at radius 3 is 2.61 bits per heavy atom. The van der Waals surface area contributed by atoms with E-state index in [4.69, 9.17) is 5.73 Å². The highest BCUT2D eigenvalue weighted by Gasteiger charge is 2.32. The lowest BCUT2D eigenvalue weighted by Gasteiger charge is -2.14. The average molecular weight is 301 g/mol. The monoisotopic (exact) mass is 300 g/mol. The predicted octanol–water partition coefficient (Wildman–Crippen LogP) is 2.97. The first-order chi connectivity index (χ1) is 7.99. The van der Waals surface area contributed by atoms with E-state index in [1.54, 1.807) is 6.07 Å². The van der Waals surface area contributed by atoms with Crippen molar-refractivity contribution in [1.29, 1.82) is 0 Å². The molecule has 0 aliphatic carbocycles. The first-order valence-electron chi connectivity index (χ1n) is 5.57. The molecule has 18 heavy (non-hydrogen) atoms. The third-order valence-corrected chi connectivity index (χ3v) is 4.14. The van der Waals surface area contributed by atoms with Crippen LogP contribution in [0.4, 0.5) is 13.2 Å². The van der Waals surface area contributed by atoms with Gasteiger partial charge in [0.15, 0.2) is 0 Å². The number of hydrogen-bond acceptors (Lipinski definition) is 3. The summed E-state index contributed by atoms with van der Waals surface area (Å²) < 4.78 is 37.2. The molecule has 0 bridgehead atoms. The van der Waals surface area contributed by atoms with Crippen LogP contribution in [0, 0.1) is 5.92 Å². The van der Waals surface area contributed by atoms with Crippen molar-refractivity contribution in [2.45, 2.75) is 19.1 Å². The molecule has 104 valence electrons. The van der Waals surface area contributed by atoms with Crippen LogP contribution in [-0.2, 0) is 12.7 Å². The van der Waals surface area contributed by atoms with Crippen LogP contribution < -0.4 is 5.73 Å². The number of likely N-dealkylation sites (tertiary alicyclic amines) is 1. The Kier molecular flexibility index (Phi) is 5.46. The number of halogens is 4. The molecule has 7 heteroatoms. The Morgan fingerprint density at radius 2 is 2.11 bits per heavy atom. The van der Waals surface area contributed by atoms with Crippen molar-refractivity contribution in [1.82, 2.24) is 4.90 Å². The normalized spacial score (nSPS) is 21.0. The van der Waals surface area contributed by atoms with Crippen LogP contribution in [0.25, 0.3) is 0 Å². The molecule has 1 aliphatic rings. The molecular weight excluding hydrogens is 285 g/mol. The van der Waals surface area contributed by atoms with Crippen LogP contribution in [0.2, 0.25) is 0 Å². The molecule has 0 saturated carbocycles. The average Bonchev–Trinajstić information content (AvgIpc) is 2.86. The van der Waals surface area contributed by atoms with E-state index in [2.05, 4.69) is 4.90 Å². The van der Waals surface area contributed by atoms with E-state index in [0.29, 0.717) is 19.0 Å². The maximum Gasteiger partial charge on any atom is 0.425 e. The first-order valence-corrected chi connectivity index (χ1v) is 6.39. The van der Waals surface area contributed by atoms with Gasteiger partial charge in [-0.2, -0.15) is 13.2 Å². The highest BCUT2D eigenvalue weighted by atomic mass is 35.5. The Labute approximate surface area is 114 Å². The highest BCUT2D eigenvalue weighted by Crippen LogP contribution is 2.35. The summed E-state index contributed by atoms with van der Waals surface area (Å²) in [4.78, 5) is 2.43. The molecule has 1 aliphatic heterocycles. The molecule has 2 N–H and O–H groups in total. The second-order valence-corrected chi connectivity index (χ2v) is 5.56. The van der Waals surface area contributed by atoms with Gasteiger partial charge >= 0.3 is 6.18 Å². The largest absolute Gasteiger partial charge is 0.425 e. The van der Waals surface area contributed by atoms with Gasteiger partial charge in [0.2, 0.25) is 0 Å². The van der Waals surface area contributed by atoms with E-state index in [-0.39, 0.29) is 12.4 Å². The lowest BCUT2D eigenvalue weighted by Crippen LogP contribution is -2.22. The Morgan fingerprint density at radius 1 is 1.39 bits per heavy atom. The molecule has 2 nitrogen and oxygen atoms in total. The molecule has 2 heterocycles. The van der Waals surface area contributed by atoms with E-state index in [9.17, 15) is 13.2 Å². The van der Waals surface area contributed by atoms with E-state index in [0.717, 1.165) is 41.8 Å². The number of nitrogens with zero attached hydrogens (tertiary/aromatic N) is 1. The molecule has 1 aromatic heterocycles. The third-order valence-electron chi connectivity index (χ3n) is 3.02. The molecule has 1 fully saturated rings. The van der Waals surface area contributed by atoms with E-state index >= 15 is 0 Å². The molecule has 0 amide bonds. The van der Waals surface area contributed by atoms with Crippen LogP contribution in [0.3, 0.4) is 0 Å². The van der Waals surface area contributed by atoms with Gasteiger partial charge in [-0.05, 0) is 37.6 Å². The number of thiophene rings is 1. The summed E-state index contributed by atoms with van der Waals surface area (Å²) in [5.41, 5.74) is 5.58. The zero-order valence-corrected chi connectivity index (χ0v) is 11.4. The molecule has 0 spiro atoms. The van der Waals surface area contributed by atoms with Gasteiger partial charge in [-0.15, -0.1) is 23.7 Å². The summed E-state index contributed by atoms with van der Waals surface area (Å²) in [6, 6.07) is 2.74. The molecule has 1 aromatic rings. The van der Waals surface area contributed by atoms with Gasteiger partial charge in [0.1, 0.15) is 4.88 Å². The fourth-order valence-corrected chi connectivity index (χ4v) is 3.00. The predicted molar refractivity (Wildman–Crippen MR) is 69.0 cm³/mol. The number of rotatable bonds is 3. The van der Waals surface area contributed by atoms with Crippen LogP contribution in [0.15, 0.2) is 12.1 Å². The van der Waals surface area contributed by atoms with Gasteiger partial charge in [0.25, 0.3) is 0 Å². The molecule has 0 radical (unpaired) electrons. The lowest BCUT2D eigenvalue weighted by molar-refractivity contribution is -0.134. The Hall–Kier alpha value is -0.300. The van der Waals surface area contributed by atoms with E-state index in [1.165, 1.54) is 0 Å². The summed E-state index contributed by atoms with van der Waals surface area (Å²) in [7, 11) is 0. The van der Waals surface area contributed by atoms with E-state index in [1.807, 2.05) is 0 Å². The van der Waals surface area contributed by atoms with Crippen molar-refractivity contribution in [3.8, 4) is 0 Å². The third kappa shape index (κ3) is 3.85. The zero-order valence-electron chi connectivity index (χ0n) is 9.74. The number of nitrogens with two attached hydrogens (primary N) is 1. The summed E-state index contributed by atoms with van der Waals surface area (Å²) in [6.45, 7) is 3.10. The maximum atomic E-state index is 12.4. The quantitative estimate of drug-likeness (QED) is 0.930. The van der Waals surface area contributed by atoms with Crippen molar-refractivity contribution in [3.05, 3.63) is 21.9 Å². The van der Waals surface area contributed by atoms with Crippen molar-refractivity contribution in [3.63, 3.8) is 0 Å². The Balaban J connectivity index is 0.00000162. The summed E-state index contributed by atoms with van der Waals surface area (Å²) in [6.07, 6.45) is -3.16. The van der Waals surface area contributed by atoms with Gasteiger partial charge in [-0.1, -0.05) is 0 Å². The fraction of sp³-hybridized carbons (Fsp3) is 0.636. The minimum Gasteiger partial charge on any atom is -0.330 e. The second-order valence-electron chi connectivity index (χ2n) is 4.39. The second kappa shape index (κ2) is 6.23. The Bertz CT molecular complexity index is 381. The van der Waals surface area contributed by atoms with Crippen molar-refractivity contribution in [2.75, 3.05) is 19.6 Å². The standard InChI is InChI=1S/C11H15F3N2S.ClH/c12-11(13,14)10-2-1-9(17-10)7-16-4-3-8(5-15)6-16;/h1-2,8H,3-7,15H2;1H. The first kappa shape index (κ1) is 15.8. The van der Waals surface area contributed by atoms with Crippen LogP contribution in [-0.4, -0.2) is 24.5 Å². The van der Waals surface area contributed by atoms with Gasteiger partial charge in [0, 0.05) is 18.0 Å². The van der Waals surface area contributed by atoms with Crippen molar-refractivity contribution >= 4 is 23.7 Å². The van der Waals surface area contributed by atoms with Gasteiger partial charge in [-0.3, -0.25) is 4.90 Å². The number of hydrogen-bond donors (Lipinski definition) is 1. The summed E-state index contributed by atoms with van der Waals surface area (Å²) in [5.74, 6) is 0.497.